The molecule has 2 heteroatoms. The second-order valence-corrected chi connectivity index (χ2v) is 5.64. The van der Waals surface area contributed by atoms with Gasteiger partial charge in [-0.15, -0.1) is 0 Å². The SMILES string of the molecule is CCCCC(=O)N(CCc1ccccc1)Cc1ccccc1. The Morgan fingerprint density at radius 2 is 1.50 bits per heavy atom. The van der Waals surface area contributed by atoms with Crippen LogP contribution >= 0.6 is 0 Å². The fourth-order valence-electron chi connectivity index (χ4n) is 2.49. The van der Waals surface area contributed by atoms with E-state index in [1.165, 1.54) is 11.1 Å². The van der Waals surface area contributed by atoms with Crippen LogP contribution < -0.4 is 0 Å². The molecular formula is C20H25NO. The summed E-state index contributed by atoms with van der Waals surface area (Å²) in [5.74, 6) is 0.265. The third kappa shape index (κ3) is 5.36. The standard InChI is InChI=1S/C20H25NO/c1-2-3-14-20(22)21(17-19-12-8-5-9-13-19)16-15-18-10-6-4-7-11-18/h4-13H,2-3,14-17H2,1H3. The van der Waals surface area contributed by atoms with E-state index in [2.05, 4.69) is 43.3 Å². The van der Waals surface area contributed by atoms with Crippen molar-refractivity contribution in [2.75, 3.05) is 6.54 Å². The number of amides is 1. The number of hydrogen-bond acceptors (Lipinski definition) is 1. The van der Waals surface area contributed by atoms with Gasteiger partial charge in [-0.1, -0.05) is 74.0 Å². The molecule has 2 rings (SSSR count). The minimum atomic E-state index is 0.265. The van der Waals surface area contributed by atoms with Crippen molar-refractivity contribution in [3.63, 3.8) is 0 Å². The summed E-state index contributed by atoms with van der Waals surface area (Å²) in [6.07, 6.45) is 3.59. The van der Waals surface area contributed by atoms with E-state index in [1.807, 2.05) is 29.2 Å². The maximum atomic E-state index is 12.5. The van der Waals surface area contributed by atoms with Crippen LogP contribution in [0.2, 0.25) is 0 Å². The van der Waals surface area contributed by atoms with E-state index >= 15 is 0 Å². The van der Waals surface area contributed by atoms with Crippen molar-refractivity contribution < 1.29 is 4.79 Å². The highest BCUT2D eigenvalue weighted by Crippen LogP contribution is 2.10. The molecule has 0 aliphatic heterocycles. The number of benzene rings is 2. The summed E-state index contributed by atoms with van der Waals surface area (Å²) < 4.78 is 0. The second-order valence-electron chi connectivity index (χ2n) is 5.64. The molecule has 0 aliphatic carbocycles. The van der Waals surface area contributed by atoms with Crippen LogP contribution in [0, 0.1) is 0 Å². The first-order chi connectivity index (χ1) is 10.8. The van der Waals surface area contributed by atoms with Crippen LogP contribution in [0.3, 0.4) is 0 Å². The first-order valence-corrected chi connectivity index (χ1v) is 8.15. The highest BCUT2D eigenvalue weighted by Gasteiger charge is 2.13. The summed E-state index contributed by atoms with van der Waals surface area (Å²) in [6, 6.07) is 20.6. The van der Waals surface area contributed by atoms with Crippen molar-refractivity contribution >= 4 is 5.91 Å². The molecule has 0 saturated carbocycles. The van der Waals surface area contributed by atoms with Crippen LogP contribution in [-0.2, 0) is 17.8 Å². The maximum Gasteiger partial charge on any atom is 0.222 e. The first kappa shape index (κ1) is 16.3. The van der Waals surface area contributed by atoms with Gasteiger partial charge in [0.1, 0.15) is 0 Å². The van der Waals surface area contributed by atoms with E-state index in [9.17, 15) is 4.79 Å². The molecule has 2 aromatic rings. The number of unbranched alkanes of at least 4 members (excludes halogenated alkanes) is 1. The third-order valence-electron chi connectivity index (χ3n) is 3.83. The molecule has 0 spiro atoms. The minimum absolute atomic E-state index is 0.265. The van der Waals surface area contributed by atoms with E-state index < -0.39 is 0 Å². The molecular weight excluding hydrogens is 270 g/mol. The summed E-state index contributed by atoms with van der Waals surface area (Å²) in [7, 11) is 0. The quantitative estimate of drug-likeness (QED) is 0.704. The van der Waals surface area contributed by atoms with Crippen molar-refractivity contribution in [2.45, 2.75) is 39.2 Å². The van der Waals surface area contributed by atoms with Gasteiger partial charge < -0.3 is 4.90 Å². The monoisotopic (exact) mass is 295 g/mol. The highest BCUT2D eigenvalue weighted by atomic mass is 16.2. The molecule has 0 heterocycles. The van der Waals surface area contributed by atoms with Gasteiger partial charge in [0.05, 0.1) is 0 Å². The Labute approximate surface area is 133 Å². The van der Waals surface area contributed by atoms with Crippen molar-refractivity contribution in [1.82, 2.24) is 4.90 Å². The van der Waals surface area contributed by atoms with Crippen LogP contribution in [0.1, 0.15) is 37.3 Å². The number of carbonyl (C=O) groups is 1. The number of carbonyl (C=O) groups excluding carboxylic acids is 1. The smallest absolute Gasteiger partial charge is 0.222 e. The molecule has 0 aromatic heterocycles. The normalized spacial score (nSPS) is 10.4. The van der Waals surface area contributed by atoms with Crippen LogP contribution in [0.15, 0.2) is 60.7 Å². The zero-order valence-corrected chi connectivity index (χ0v) is 13.4. The molecule has 22 heavy (non-hydrogen) atoms. The lowest BCUT2D eigenvalue weighted by Gasteiger charge is -2.23. The van der Waals surface area contributed by atoms with E-state index in [0.717, 1.165) is 25.8 Å². The predicted octanol–water partition coefficient (Wildman–Crippen LogP) is 4.45. The molecule has 0 fully saturated rings. The molecule has 2 aromatic carbocycles. The fraction of sp³-hybridized carbons (Fsp3) is 0.350. The topological polar surface area (TPSA) is 20.3 Å². The van der Waals surface area contributed by atoms with Gasteiger partial charge in [-0.3, -0.25) is 4.79 Å². The Bertz CT molecular complexity index is 550. The fourth-order valence-corrected chi connectivity index (χ4v) is 2.49. The Kier molecular flexibility index (Phi) is 6.69. The molecule has 0 bridgehead atoms. The molecule has 0 saturated heterocycles. The van der Waals surface area contributed by atoms with E-state index in [4.69, 9.17) is 0 Å². The molecule has 0 radical (unpaired) electrons. The van der Waals surface area contributed by atoms with Crippen molar-refractivity contribution in [1.29, 1.82) is 0 Å². The van der Waals surface area contributed by atoms with Crippen LogP contribution in [0.5, 0.6) is 0 Å². The predicted molar refractivity (Wildman–Crippen MR) is 91.5 cm³/mol. The van der Waals surface area contributed by atoms with Crippen LogP contribution in [0.4, 0.5) is 0 Å². The van der Waals surface area contributed by atoms with Crippen molar-refractivity contribution in [3.8, 4) is 0 Å². The zero-order chi connectivity index (χ0) is 15.6. The average Bonchev–Trinajstić information content (AvgIpc) is 2.58. The lowest BCUT2D eigenvalue weighted by atomic mass is 10.1. The van der Waals surface area contributed by atoms with E-state index in [1.54, 1.807) is 0 Å². The number of rotatable bonds is 8. The van der Waals surface area contributed by atoms with Gasteiger partial charge in [0.25, 0.3) is 0 Å². The number of nitrogens with zero attached hydrogens (tertiary/aromatic N) is 1. The number of hydrogen-bond donors (Lipinski definition) is 0. The van der Waals surface area contributed by atoms with Gasteiger partial charge in [-0.25, -0.2) is 0 Å². The molecule has 0 unspecified atom stereocenters. The maximum absolute atomic E-state index is 12.5. The van der Waals surface area contributed by atoms with Gasteiger partial charge in [-0.05, 0) is 24.0 Å². The molecule has 0 N–H and O–H groups in total. The highest BCUT2D eigenvalue weighted by molar-refractivity contribution is 5.76. The van der Waals surface area contributed by atoms with Crippen LogP contribution in [0.25, 0.3) is 0 Å². The first-order valence-electron chi connectivity index (χ1n) is 8.15. The van der Waals surface area contributed by atoms with Gasteiger partial charge in [0, 0.05) is 19.5 Å². The molecule has 1 amide bonds. The van der Waals surface area contributed by atoms with E-state index in [-0.39, 0.29) is 5.91 Å². The van der Waals surface area contributed by atoms with Gasteiger partial charge in [0.2, 0.25) is 5.91 Å². The van der Waals surface area contributed by atoms with Crippen molar-refractivity contribution in [2.24, 2.45) is 0 Å². The molecule has 0 aliphatic rings. The molecule has 2 nitrogen and oxygen atoms in total. The Hall–Kier alpha value is -2.09. The minimum Gasteiger partial charge on any atom is -0.338 e. The summed E-state index contributed by atoms with van der Waals surface area (Å²) in [5, 5.41) is 0. The van der Waals surface area contributed by atoms with Crippen LogP contribution in [-0.4, -0.2) is 17.4 Å². The van der Waals surface area contributed by atoms with E-state index in [0.29, 0.717) is 13.0 Å². The molecule has 116 valence electrons. The lowest BCUT2D eigenvalue weighted by Crippen LogP contribution is -2.32. The third-order valence-corrected chi connectivity index (χ3v) is 3.83. The lowest BCUT2D eigenvalue weighted by molar-refractivity contribution is -0.131. The summed E-state index contributed by atoms with van der Waals surface area (Å²) in [4.78, 5) is 14.5. The van der Waals surface area contributed by atoms with Gasteiger partial charge in [0.15, 0.2) is 0 Å². The Balaban J connectivity index is 1.99. The summed E-state index contributed by atoms with van der Waals surface area (Å²) >= 11 is 0. The van der Waals surface area contributed by atoms with Crippen molar-refractivity contribution in [3.05, 3.63) is 71.8 Å². The summed E-state index contributed by atoms with van der Waals surface area (Å²) in [6.45, 7) is 3.61. The van der Waals surface area contributed by atoms with Gasteiger partial charge >= 0.3 is 0 Å². The van der Waals surface area contributed by atoms with Gasteiger partial charge in [-0.2, -0.15) is 0 Å². The second kappa shape index (κ2) is 9.04. The Morgan fingerprint density at radius 3 is 2.09 bits per heavy atom. The zero-order valence-electron chi connectivity index (χ0n) is 13.4. The summed E-state index contributed by atoms with van der Waals surface area (Å²) in [5.41, 5.74) is 2.48. The Morgan fingerprint density at radius 1 is 0.909 bits per heavy atom. The molecule has 0 atom stereocenters. The average molecular weight is 295 g/mol. The largest absolute Gasteiger partial charge is 0.338 e.